The molecule has 0 N–H and O–H groups in total. The lowest BCUT2D eigenvalue weighted by Crippen LogP contribution is -1.92. The van der Waals surface area contributed by atoms with Crippen molar-refractivity contribution in [1.29, 1.82) is 0 Å². The van der Waals surface area contributed by atoms with Crippen molar-refractivity contribution in [2.45, 2.75) is 4.90 Å². The number of hydrogen-bond donors (Lipinski definition) is 0. The van der Waals surface area contributed by atoms with Gasteiger partial charge in [-0.1, -0.05) is 6.07 Å². The molecule has 0 saturated carbocycles. The van der Waals surface area contributed by atoms with Crippen molar-refractivity contribution in [1.82, 2.24) is 0 Å². The van der Waals surface area contributed by atoms with Crippen LogP contribution in [0.1, 0.15) is 0 Å². The third-order valence-electron chi connectivity index (χ3n) is 1.62. The Bertz CT molecular complexity index is 274. The lowest BCUT2D eigenvalue weighted by molar-refractivity contribution is 0.348. The van der Waals surface area contributed by atoms with E-state index in [2.05, 4.69) is 6.92 Å². The van der Waals surface area contributed by atoms with E-state index < -0.39 is 0 Å². The van der Waals surface area contributed by atoms with Crippen molar-refractivity contribution in [2.24, 2.45) is 0 Å². The second-order valence-electron chi connectivity index (χ2n) is 2.34. The molecule has 2 nitrogen and oxygen atoms in total. The zero-order valence-electron chi connectivity index (χ0n) is 7.87. The van der Waals surface area contributed by atoms with Crippen molar-refractivity contribution < 1.29 is 9.47 Å². The molecule has 0 heterocycles. The molecule has 0 bridgehead atoms. The maximum Gasteiger partial charge on any atom is 0.174 e. The number of para-hydroxylation sites is 1. The summed E-state index contributed by atoms with van der Waals surface area (Å²) in [5.74, 6) is 2.34. The van der Waals surface area contributed by atoms with Crippen LogP contribution in [0.15, 0.2) is 23.1 Å². The predicted molar refractivity (Wildman–Crippen MR) is 55.6 cm³/mol. The molecule has 0 fully saturated rings. The van der Waals surface area contributed by atoms with Gasteiger partial charge >= 0.3 is 0 Å². The second kappa shape index (κ2) is 5.02. The zero-order valence-corrected chi connectivity index (χ0v) is 8.69. The fourth-order valence-electron chi connectivity index (χ4n) is 1.08. The van der Waals surface area contributed by atoms with E-state index in [-0.39, 0.29) is 0 Å². The summed E-state index contributed by atoms with van der Waals surface area (Å²) in [5.41, 5.74) is 0. The quantitative estimate of drug-likeness (QED) is 0.691. The van der Waals surface area contributed by atoms with Crippen LogP contribution in [0.4, 0.5) is 0 Å². The molecule has 1 aromatic carbocycles. The number of thioether (sulfide) groups is 1. The van der Waals surface area contributed by atoms with Gasteiger partial charge in [-0.3, -0.25) is 0 Å². The molecule has 3 heteroatoms. The molecule has 0 aromatic heterocycles. The third-order valence-corrected chi connectivity index (χ3v) is 2.46. The average molecular weight is 197 g/mol. The zero-order chi connectivity index (χ0) is 9.68. The number of methoxy groups -OCH3 is 2. The van der Waals surface area contributed by atoms with Gasteiger partial charge in [0, 0.05) is 0 Å². The fourth-order valence-corrected chi connectivity index (χ4v) is 1.79. The summed E-state index contributed by atoms with van der Waals surface area (Å²) >= 11 is 1.64. The van der Waals surface area contributed by atoms with E-state index in [1.165, 1.54) is 0 Å². The Hall–Kier alpha value is -0.830. The van der Waals surface area contributed by atoms with E-state index in [1.54, 1.807) is 26.0 Å². The Balaban J connectivity index is 3.03. The third kappa shape index (κ3) is 2.31. The molecule has 0 aliphatic rings. The van der Waals surface area contributed by atoms with Crippen LogP contribution in [-0.2, 0) is 0 Å². The molecule has 0 unspecified atom stereocenters. The Labute approximate surface area is 83.2 Å². The second-order valence-corrected chi connectivity index (χ2v) is 3.48. The molecule has 1 radical (unpaired) electrons. The van der Waals surface area contributed by atoms with Gasteiger partial charge in [0.25, 0.3) is 0 Å². The van der Waals surface area contributed by atoms with Gasteiger partial charge in [0.1, 0.15) is 0 Å². The normalized spacial score (nSPS) is 9.77. The van der Waals surface area contributed by atoms with Crippen molar-refractivity contribution in [3.05, 3.63) is 25.1 Å². The standard InChI is InChI=1S/C10H13O2S/c1-4-13-9-7-5-6-8(11-2)10(9)12-3/h5-7H,1,4H2,2-3H3. The largest absolute Gasteiger partial charge is 0.493 e. The van der Waals surface area contributed by atoms with Gasteiger partial charge in [0.2, 0.25) is 0 Å². The maximum absolute atomic E-state index is 5.25. The summed E-state index contributed by atoms with van der Waals surface area (Å²) in [6.45, 7) is 3.78. The van der Waals surface area contributed by atoms with Crippen LogP contribution in [0.2, 0.25) is 0 Å². The van der Waals surface area contributed by atoms with Gasteiger partial charge in [-0.15, -0.1) is 11.8 Å². The number of ether oxygens (including phenoxy) is 2. The number of rotatable bonds is 4. The van der Waals surface area contributed by atoms with E-state index >= 15 is 0 Å². The Morgan fingerprint density at radius 1 is 1.31 bits per heavy atom. The number of hydrogen-bond acceptors (Lipinski definition) is 3. The van der Waals surface area contributed by atoms with E-state index in [0.29, 0.717) is 0 Å². The van der Waals surface area contributed by atoms with Crippen LogP contribution < -0.4 is 9.47 Å². The van der Waals surface area contributed by atoms with Gasteiger partial charge in [0.05, 0.1) is 19.1 Å². The number of benzene rings is 1. The highest BCUT2D eigenvalue weighted by atomic mass is 32.2. The molecule has 0 spiro atoms. The molecule has 0 aliphatic heterocycles. The molecule has 0 aliphatic carbocycles. The summed E-state index contributed by atoms with van der Waals surface area (Å²) in [4.78, 5) is 1.07. The van der Waals surface area contributed by atoms with Crippen molar-refractivity contribution in [2.75, 3.05) is 20.0 Å². The minimum absolute atomic E-state index is 0.765. The minimum atomic E-state index is 0.765. The summed E-state index contributed by atoms with van der Waals surface area (Å²) in [6.07, 6.45) is 0. The first kappa shape index (κ1) is 10.3. The highest BCUT2D eigenvalue weighted by Gasteiger charge is 2.08. The average Bonchev–Trinajstić information content (AvgIpc) is 2.18. The highest BCUT2D eigenvalue weighted by molar-refractivity contribution is 7.99. The highest BCUT2D eigenvalue weighted by Crippen LogP contribution is 2.36. The summed E-state index contributed by atoms with van der Waals surface area (Å²) < 4.78 is 10.4. The van der Waals surface area contributed by atoms with Crippen LogP contribution in [0, 0.1) is 6.92 Å². The van der Waals surface area contributed by atoms with Crippen molar-refractivity contribution >= 4 is 11.8 Å². The van der Waals surface area contributed by atoms with Gasteiger partial charge in [0.15, 0.2) is 11.5 Å². The topological polar surface area (TPSA) is 18.5 Å². The first-order chi connectivity index (χ1) is 6.33. The van der Waals surface area contributed by atoms with Gasteiger partial charge in [-0.2, -0.15) is 0 Å². The fraction of sp³-hybridized carbons (Fsp3) is 0.300. The summed E-state index contributed by atoms with van der Waals surface area (Å²) in [6, 6.07) is 5.82. The molecule has 1 rings (SSSR count). The predicted octanol–water partition coefficient (Wildman–Crippen LogP) is 2.63. The van der Waals surface area contributed by atoms with Gasteiger partial charge in [-0.05, 0) is 24.8 Å². The smallest absolute Gasteiger partial charge is 0.174 e. The lowest BCUT2D eigenvalue weighted by Gasteiger charge is -2.10. The molecule has 0 amide bonds. The lowest BCUT2D eigenvalue weighted by atomic mass is 10.3. The molecule has 13 heavy (non-hydrogen) atoms. The SMILES string of the molecule is [CH2]CSc1cccc(OC)c1OC. The molecule has 1 aromatic rings. The molecule has 0 atom stereocenters. The van der Waals surface area contributed by atoms with E-state index in [4.69, 9.17) is 9.47 Å². The van der Waals surface area contributed by atoms with E-state index in [1.807, 2.05) is 18.2 Å². The summed E-state index contributed by atoms with van der Waals surface area (Å²) in [5, 5.41) is 0. The monoisotopic (exact) mass is 197 g/mol. The molecule has 0 saturated heterocycles. The molecular weight excluding hydrogens is 184 g/mol. The Kier molecular flexibility index (Phi) is 3.96. The van der Waals surface area contributed by atoms with Gasteiger partial charge < -0.3 is 9.47 Å². The summed E-state index contributed by atoms with van der Waals surface area (Å²) in [7, 11) is 3.28. The van der Waals surface area contributed by atoms with Crippen LogP contribution >= 0.6 is 11.8 Å². The van der Waals surface area contributed by atoms with Gasteiger partial charge in [-0.25, -0.2) is 0 Å². The molecule has 71 valence electrons. The van der Waals surface area contributed by atoms with Crippen molar-refractivity contribution in [3.8, 4) is 11.5 Å². The molecular formula is C10H13O2S. The first-order valence-electron chi connectivity index (χ1n) is 3.96. The van der Waals surface area contributed by atoms with Crippen LogP contribution in [-0.4, -0.2) is 20.0 Å². The first-order valence-corrected chi connectivity index (χ1v) is 4.95. The van der Waals surface area contributed by atoms with Crippen LogP contribution in [0.3, 0.4) is 0 Å². The Morgan fingerprint density at radius 2 is 2.08 bits per heavy atom. The maximum atomic E-state index is 5.25. The van der Waals surface area contributed by atoms with Crippen LogP contribution in [0.5, 0.6) is 11.5 Å². The van der Waals surface area contributed by atoms with Crippen LogP contribution in [0.25, 0.3) is 0 Å². The minimum Gasteiger partial charge on any atom is -0.493 e. The Morgan fingerprint density at radius 3 is 2.62 bits per heavy atom. The van der Waals surface area contributed by atoms with Crippen molar-refractivity contribution in [3.63, 3.8) is 0 Å². The van der Waals surface area contributed by atoms with E-state index in [0.717, 1.165) is 22.1 Å². The van der Waals surface area contributed by atoms with E-state index in [9.17, 15) is 0 Å².